The van der Waals surface area contributed by atoms with Gasteiger partial charge in [-0.25, -0.2) is 0 Å². The van der Waals surface area contributed by atoms with Crippen molar-refractivity contribution in [2.45, 2.75) is 322 Å². The van der Waals surface area contributed by atoms with Crippen LogP contribution in [0.1, 0.15) is 316 Å². The van der Waals surface area contributed by atoms with Crippen LogP contribution < -0.4 is 0 Å². The van der Waals surface area contributed by atoms with E-state index < -0.39 is 6.10 Å². The van der Waals surface area contributed by atoms with Crippen LogP contribution in [0.15, 0.2) is 0 Å². The van der Waals surface area contributed by atoms with Gasteiger partial charge < -0.3 is 14.2 Å². The molecule has 0 aromatic rings. The van der Waals surface area contributed by atoms with E-state index >= 15 is 0 Å². The second-order valence-electron chi connectivity index (χ2n) is 18.9. The Bertz CT molecular complexity index is 905. The first-order chi connectivity index (χ1) is 30.0. The number of esters is 3. The third-order valence-corrected chi connectivity index (χ3v) is 12.6. The van der Waals surface area contributed by atoms with Crippen LogP contribution in [0.25, 0.3) is 0 Å². The van der Waals surface area contributed by atoms with Crippen molar-refractivity contribution >= 4 is 17.9 Å². The van der Waals surface area contributed by atoms with Crippen molar-refractivity contribution in [1.29, 1.82) is 0 Å². The SMILES string of the molecule is CCCCCCCCCCCCCCCCCCCC(=O)OC[C@@H](COC(=O)CCCCCCCCCCCC)OC(=O)CCCCCCCCCCCCCCCCCC. The Morgan fingerprint density at radius 1 is 0.262 bits per heavy atom. The van der Waals surface area contributed by atoms with Crippen LogP contribution in [-0.2, 0) is 28.6 Å². The lowest BCUT2D eigenvalue weighted by molar-refractivity contribution is -0.167. The van der Waals surface area contributed by atoms with Gasteiger partial charge in [0.15, 0.2) is 6.10 Å². The predicted octanol–water partition coefficient (Wildman–Crippen LogP) is 18.0. The van der Waals surface area contributed by atoms with Crippen LogP contribution in [0.3, 0.4) is 0 Å². The third-order valence-electron chi connectivity index (χ3n) is 12.6. The largest absolute Gasteiger partial charge is 0.462 e. The van der Waals surface area contributed by atoms with Gasteiger partial charge in [-0.2, -0.15) is 0 Å². The van der Waals surface area contributed by atoms with E-state index in [1.165, 1.54) is 218 Å². The average molecular weight is 863 g/mol. The molecule has 0 aromatic heterocycles. The summed E-state index contributed by atoms with van der Waals surface area (Å²) in [5.41, 5.74) is 0. The van der Waals surface area contributed by atoms with Crippen LogP contribution in [-0.4, -0.2) is 37.2 Å². The van der Waals surface area contributed by atoms with Gasteiger partial charge in [-0.15, -0.1) is 0 Å². The lowest BCUT2D eigenvalue weighted by Gasteiger charge is -2.18. The van der Waals surface area contributed by atoms with Crippen molar-refractivity contribution in [2.75, 3.05) is 13.2 Å². The number of carbonyl (C=O) groups excluding carboxylic acids is 3. The monoisotopic (exact) mass is 863 g/mol. The lowest BCUT2D eigenvalue weighted by atomic mass is 10.0. The first-order valence-electron chi connectivity index (χ1n) is 27.5. The first-order valence-corrected chi connectivity index (χ1v) is 27.5. The highest BCUT2D eigenvalue weighted by atomic mass is 16.6. The van der Waals surface area contributed by atoms with Crippen molar-refractivity contribution in [2.24, 2.45) is 0 Å². The molecule has 0 saturated heterocycles. The van der Waals surface area contributed by atoms with Gasteiger partial charge in [0.1, 0.15) is 13.2 Å². The quantitative estimate of drug-likeness (QED) is 0.0344. The highest BCUT2D eigenvalue weighted by Crippen LogP contribution is 2.17. The van der Waals surface area contributed by atoms with Crippen LogP contribution in [0.5, 0.6) is 0 Å². The molecule has 0 N–H and O–H groups in total. The highest BCUT2D eigenvalue weighted by Gasteiger charge is 2.19. The second kappa shape index (κ2) is 51.0. The van der Waals surface area contributed by atoms with Gasteiger partial charge in [-0.05, 0) is 19.3 Å². The van der Waals surface area contributed by atoms with E-state index in [1.807, 2.05) is 0 Å². The first kappa shape index (κ1) is 59.4. The van der Waals surface area contributed by atoms with Crippen LogP contribution in [0.2, 0.25) is 0 Å². The molecule has 0 aliphatic heterocycles. The summed E-state index contributed by atoms with van der Waals surface area (Å²) in [6.45, 7) is 6.68. The number of hydrogen-bond acceptors (Lipinski definition) is 6. The lowest BCUT2D eigenvalue weighted by Crippen LogP contribution is -2.30. The van der Waals surface area contributed by atoms with Gasteiger partial charge in [-0.1, -0.05) is 278 Å². The van der Waals surface area contributed by atoms with Crippen molar-refractivity contribution < 1.29 is 28.6 Å². The Hall–Kier alpha value is -1.59. The molecule has 0 bridgehead atoms. The van der Waals surface area contributed by atoms with Gasteiger partial charge in [0.25, 0.3) is 0 Å². The van der Waals surface area contributed by atoms with Gasteiger partial charge in [0.2, 0.25) is 0 Å². The summed E-state index contributed by atoms with van der Waals surface area (Å²) in [4.78, 5) is 38.0. The maximum Gasteiger partial charge on any atom is 0.306 e. The van der Waals surface area contributed by atoms with Gasteiger partial charge in [-0.3, -0.25) is 14.4 Å². The fourth-order valence-corrected chi connectivity index (χ4v) is 8.45. The van der Waals surface area contributed by atoms with Gasteiger partial charge >= 0.3 is 17.9 Å². The zero-order valence-electron chi connectivity index (χ0n) is 41.5. The molecule has 0 heterocycles. The molecule has 0 saturated carbocycles. The molecule has 0 rings (SSSR count). The molecule has 0 aliphatic rings. The molecule has 0 fully saturated rings. The van der Waals surface area contributed by atoms with E-state index in [0.717, 1.165) is 57.8 Å². The fraction of sp³-hybridized carbons (Fsp3) is 0.945. The Labute approximate surface area is 380 Å². The summed E-state index contributed by atoms with van der Waals surface area (Å²) < 4.78 is 16.8. The smallest absolute Gasteiger partial charge is 0.306 e. The summed E-state index contributed by atoms with van der Waals surface area (Å²) in [6.07, 6.45) is 55.2. The topological polar surface area (TPSA) is 78.9 Å². The molecular weight excluding hydrogens is 757 g/mol. The number of unbranched alkanes of at least 4 members (excludes halogenated alkanes) is 40. The molecule has 6 heteroatoms. The molecule has 0 aromatic carbocycles. The molecule has 0 radical (unpaired) electrons. The summed E-state index contributed by atoms with van der Waals surface area (Å²) in [6, 6.07) is 0. The standard InChI is InChI=1S/C55H106O6/c1-4-7-10-13-16-19-22-24-26-28-30-31-33-36-39-42-45-48-54(57)60-51-52(50-59-53(56)47-44-41-38-35-21-18-15-12-9-6-3)61-55(58)49-46-43-40-37-34-32-29-27-25-23-20-17-14-11-8-5-2/h52H,4-51H2,1-3H3/t52-/m1/s1. The second-order valence-corrected chi connectivity index (χ2v) is 18.9. The molecule has 0 spiro atoms. The molecular formula is C55H106O6. The molecule has 0 amide bonds. The zero-order chi connectivity index (χ0) is 44.4. The normalized spacial score (nSPS) is 11.9. The minimum absolute atomic E-state index is 0.0615. The summed E-state index contributed by atoms with van der Waals surface area (Å²) in [5, 5.41) is 0. The van der Waals surface area contributed by atoms with E-state index in [-0.39, 0.29) is 31.1 Å². The Morgan fingerprint density at radius 2 is 0.443 bits per heavy atom. The van der Waals surface area contributed by atoms with Crippen LogP contribution in [0, 0.1) is 0 Å². The number of rotatable bonds is 51. The number of carbonyl (C=O) groups is 3. The number of hydrogen-bond donors (Lipinski definition) is 0. The van der Waals surface area contributed by atoms with Gasteiger partial charge in [0.05, 0.1) is 0 Å². The van der Waals surface area contributed by atoms with E-state index in [9.17, 15) is 14.4 Å². The van der Waals surface area contributed by atoms with E-state index in [2.05, 4.69) is 20.8 Å². The minimum atomic E-state index is -0.760. The summed E-state index contributed by atoms with van der Waals surface area (Å²) in [5.74, 6) is -0.838. The molecule has 6 nitrogen and oxygen atoms in total. The maximum absolute atomic E-state index is 12.8. The number of ether oxygens (including phenoxy) is 3. The summed E-state index contributed by atoms with van der Waals surface area (Å²) in [7, 11) is 0. The Kier molecular flexibility index (Phi) is 49.7. The van der Waals surface area contributed by atoms with Crippen LogP contribution in [0.4, 0.5) is 0 Å². The molecule has 362 valence electrons. The van der Waals surface area contributed by atoms with Crippen molar-refractivity contribution in [3.8, 4) is 0 Å². The van der Waals surface area contributed by atoms with Crippen molar-refractivity contribution in [3.05, 3.63) is 0 Å². The third kappa shape index (κ3) is 49.3. The van der Waals surface area contributed by atoms with Crippen molar-refractivity contribution in [1.82, 2.24) is 0 Å². The minimum Gasteiger partial charge on any atom is -0.462 e. The highest BCUT2D eigenvalue weighted by molar-refractivity contribution is 5.71. The van der Waals surface area contributed by atoms with Crippen molar-refractivity contribution in [3.63, 3.8) is 0 Å². The molecule has 0 unspecified atom stereocenters. The summed E-state index contributed by atoms with van der Waals surface area (Å²) >= 11 is 0. The predicted molar refractivity (Wildman–Crippen MR) is 261 cm³/mol. The van der Waals surface area contributed by atoms with E-state index in [1.54, 1.807) is 0 Å². The molecule has 61 heavy (non-hydrogen) atoms. The van der Waals surface area contributed by atoms with E-state index in [4.69, 9.17) is 14.2 Å². The average Bonchev–Trinajstić information content (AvgIpc) is 3.26. The molecule has 1 atom stereocenters. The maximum atomic E-state index is 12.8. The fourth-order valence-electron chi connectivity index (χ4n) is 8.45. The molecule has 0 aliphatic carbocycles. The van der Waals surface area contributed by atoms with E-state index in [0.29, 0.717) is 19.3 Å². The van der Waals surface area contributed by atoms with Crippen LogP contribution >= 0.6 is 0 Å². The Morgan fingerprint density at radius 3 is 0.656 bits per heavy atom. The Balaban J connectivity index is 4.25. The van der Waals surface area contributed by atoms with Gasteiger partial charge in [0, 0.05) is 19.3 Å². The zero-order valence-corrected chi connectivity index (χ0v) is 41.5.